The summed E-state index contributed by atoms with van der Waals surface area (Å²) in [6.07, 6.45) is 3.18. The summed E-state index contributed by atoms with van der Waals surface area (Å²) in [5.74, 6) is 1.50. The molecular formula is C15H21NO4S. The predicted molar refractivity (Wildman–Crippen MR) is 80.8 cm³/mol. The minimum Gasteiger partial charge on any atom is -0.493 e. The van der Waals surface area contributed by atoms with Crippen molar-refractivity contribution in [3.05, 3.63) is 23.8 Å². The molecule has 0 aliphatic carbocycles. The topological polar surface area (TPSA) is 64.6 Å². The Morgan fingerprint density at radius 2 is 2.10 bits per heavy atom. The largest absolute Gasteiger partial charge is 0.493 e. The van der Waals surface area contributed by atoms with Crippen molar-refractivity contribution in [1.29, 1.82) is 0 Å². The van der Waals surface area contributed by atoms with E-state index < -0.39 is 9.84 Å². The Labute approximate surface area is 125 Å². The minimum atomic E-state index is -2.87. The molecule has 6 heteroatoms. The second-order valence-corrected chi connectivity index (χ2v) is 7.95. The van der Waals surface area contributed by atoms with Gasteiger partial charge in [-0.25, -0.2) is 8.42 Å². The van der Waals surface area contributed by atoms with Gasteiger partial charge in [0, 0.05) is 6.04 Å². The Balaban J connectivity index is 1.67. The van der Waals surface area contributed by atoms with Gasteiger partial charge in [-0.05, 0) is 43.5 Å². The summed E-state index contributed by atoms with van der Waals surface area (Å²) in [5, 5.41) is 3.48. The Morgan fingerprint density at radius 3 is 2.71 bits per heavy atom. The van der Waals surface area contributed by atoms with Gasteiger partial charge in [-0.2, -0.15) is 0 Å². The van der Waals surface area contributed by atoms with E-state index >= 15 is 0 Å². The van der Waals surface area contributed by atoms with Crippen molar-refractivity contribution in [3.8, 4) is 11.5 Å². The molecule has 0 bridgehead atoms. The standard InChI is InChI=1S/C15H21NO4S/c1-19-15-8-11(7-12-3-2-6-16-12)4-5-14(15)20-13-9-21(17,18)10-13/h4-5,8,12-13,16H,2-3,6-7,9-10H2,1H3. The van der Waals surface area contributed by atoms with Crippen molar-refractivity contribution in [2.75, 3.05) is 25.2 Å². The number of hydrogen-bond donors (Lipinski definition) is 1. The van der Waals surface area contributed by atoms with Crippen molar-refractivity contribution in [2.45, 2.75) is 31.4 Å². The molecule has 0 radical (unpaired) electrons. The third kappa shape index (κ3) is 3.49. The van der Waals surface area contributed by atoms with Crippen LogP contribution in [0.4, 0.5) is 0 Å². The number of methoxy groups -OCH3 is 1. The van der Waals surface area contributed by atoms with Crippen LogP contribution in [0.3, 0.4) is 0 Å². The zero-order valence-electron chi connectivity index (χ0n) is 12.2. The fraction of sp³-hybridized carbons (Fsp3) is 0.600. The van der Waals surface area contributed by atoms with Gasteiger partial charge in [-0.15, -0.1) is 0 Å². The SMILES string of the molecule is COc1cc(CC2CCCN2)ccc1OC1CS(=O)(=O)C1. The average Bonchev–Trinajstić information content (AvgIpc) is 2.91. The molecular weight excluding hydrogens is 290 g/mol. The Morgan fingerprint density at radius 1 is 1.29 bits per heavy atom. The highest BCUT2D eigenvalue weighted by Crippen LogP contribution is 2.31. The van der Waals surface area contributed by atoms with Crippen molar-refractivity contribution in [1.82, 2.24) is 5.32 Å². The second-order valence-electron chi connectivity index (χ2n) is 5.80. The van der Waals surface area contributed by atoms with Crippen molar-refractivity contribution >= 4 is 9.84 Å². The van der Waals surface area contributed by atoms with Crippen LogP contribution in [0.1, 0.15) is 18.4 Å². The third-order valence-corrected chi connectivity index (χ3v) is 5.81. The van der Waals surface area contributed by atoms with Gasteiger partial charge in [0.15, 0.2) is 21.3 Å². The first-order valence-corrected chi connectivity index (χ1v) is 9.15. The van der Waals surface area contributed by atoms with Gasteiger partial charge in [0.05, 0.1) is 18.6 Å². The smallest absolute Gasteiger partial charge is 0.161 e. The van der Waals surface area contributed by atoms with Crippen molar-refractivity contribution in [2.24, 2.45) is 0 Å². The highest BCUT2D eigenvalue weighted by atomic mass is 32.2. The molecule has 0 saturated carbocycles. The molecule has 21 heavy (non-hydrogen) atoms. The zero-order chi connectivity index (χ0) is 14.9. The molecule has 3 rings (SSSR count). The van der Waals surface area contributed by atoms with Crippen molar-refractivity contribution in [3.63, 3.8) is 0 Å². The molecule has 1 aromatic carbocycles. The first-order valence-electron chi connectivity index (χ1n) is 7.33. The number of nitrogens with one attached hydrogen (secondary N) is 1. The summed E-state index contributed by atoms with van der Waals surface area (Å²) >= 11 is 0. The molecule has 2 fully saturated rings. The fourth-order valence-corrected chi connectivity index (χ4v) is 4.09. The summed E-state index contributed by atoms with van der Waals surface area (Å²) in [6, 6.07) is 6.44. The van der Waals surface area contributed by atoms with Crippen LogP contribution >= 0.6 is 0 Å². The number of rotatable bonds is 5. The van der Waals surface area contributed by atoms with E-state index in [1.165, 1.54) is 18.4 Å². The van der Waals surface area contributed by atoms with Crippen LogP contribution in [0.2, 0.25) is 0 Å². The van der Waals surface area contributed by atoms with Crippen LogP contribution < -0.4 is 14.8 Å². The molecule has 0 amide bonds. The minimum absolute atomic E-state index is 0.101. The van der Waals surface area contributed by atoms with Crippen LogP contribution in [0.15, 0.2) is 18.2 Å². The molecule has 1 N–H and O–H groups in total. The van der Waals surface area contributed by atoms with E-state index in [0.717, 1.165) is 13.0 Å². The lowest BCUT2D eigenvalue weighted by Gasteiger charge is -2.27. The van der Waals surface area contributed by atoms with E-state index in [2.05, 4.69) is 5.32 Å². The van der Waals surface area contributed by atoms with Crippen LogP contribution in [-0.4, -0.2) is 45.7 Å². The molecule has 2 saturated heterocycles. The molecule has 0 aromatic heterocycles. The predicted octanol–water partition coefficient (Wildman–Crippen LogP) is 1.17. The van der Waals surface area contributed by atoms with E-state index in [9.17, 15) is 8.42 Å². The Kier molecular flexibility index (Phi) is 4.08. The highest BCUT2D eigenvalue weighted by Gasteiger charge is 2.35. The molecule has 1 aromatic rings. The third-order valence-electron chi connectivity index (χ3n) is 4.05. The van der Waals surface area contributed by atoms with Crippen LogP contribution in [0.25, 0.3) is 0 Å². The normalized spacial score (nSPS) is 24.5. The van der Waals surface area contributed by atoms with E-state index in [4.69, 9.17) is 9.47 Å². The first-order chi connectivity index (χ1) is 10.1. The molecule has 116 valence electrons. The molecule has 1 unspecified atom stereocenters. The van der Waals surface area contributed by atoms with Crippen LogP contribution in [0, 0.1) is 0 Å². The van der Waals surface area contributed by atoms with E-state index in [0.29, 0.717) is 17.5 Å². The highest BCUT2D eigenvalue weighted by molar-refractivity contribution is 7.92. The lowest BCUT2D eigenvalue weighted by Crippen LogP contribution is -2.45. The summed E-state index contributed by atoms with van der Waals surface area (Å²) in [4.78, 5) is 0. The van der Waals surface area contributed by atoms with Crippen LogP contribution in [-0.2, 0) is 16.3 Å². The summed E-state index contributed by atoms with van der Waals surface area (Å²) < 4.78 is 33.4. The maximum atomic E-state index is 11.2. The number of ether oxygens (including phenoxy) is 2. The zero-order valence-corrected chi connectivity index (χ0v) is 13.0. The fourth-order valence-electron chi connectivity index (χ4n) is 2.92. The van der Waals surface area contributed by atoms with Gasteiger partial charge in [0.1, 0.15) is 6.10 Å². The monoisotopic (exact) mass is 311 g/mol. The maximum absolute atomic E-state index is 11.2. The van der Waals surface area contributed by atoms with E-state index in [1.54, 1.807) is 7.11 Å². The van der Waals surface area contributed by atoms with Crippen molar-refractivity contribution < 1.29 is 17.9 Å². The molecule has 0 spiro atoms. The van der Waals surface area contributed by atoms with Gasteiger partial charge < -0.3 is 14.8 Å². The number of sulfone groups is 1. The van der Waals surface area contributed by atoms with Gasteiger partial charge in [0.25, 0.3) is 0 Å². The number of hydrogen-bond acceptors (Lipinski definition) is 5. The van der Waals surface area contributed by atoms with E-state index in [1.807, 2.05) is 18.2 Å². The molecule has 2 aliphatic heterocycles. The Hall–Kier alpha value is -1.27. The quantitative estimate of drug-likeness (QED) is 0.884. The van der Waals surface area contributed by atoms with Gasteiger partial charge >= 0.3 is 0 Å². The number of benzene rings is 1. The van der Waals surface area contributed by atoms with Gasteiger partial charge in [-0.1, -0.05) is 6.07 Å². The lowest BCUT2D eigenvalue weighted by molar-refractivity contribution is 0.219. The second kappa shape index (κ2) is 5.85. The maximum Gasteiger partial charge on any atom is 0.161 e. The molecule has 5 nitrogen and oxygen atoms in total. The summed E-state index contributed by atoms with van der Waals surface area (Å²) in [5.41, 5.74) is 1.21. The first kappa shape index (κ1) is 14.7. The summed E-state index contributed by atoms with van der Waals surface area (Å²) in [7, 11) is -1.26. The van der Waals surface area contributed by atoms with Crippen LogP contribution in [0.5, 0.6) is 11.5 Å². The average molecular weight is 311 g/mol. The summed E-state index contributed by atoms with van der Waals surface area (Å²) in [6.45, 7) is 1.10. The van der Waals surface area contributed by atoms with Gasteiger partial charge in [-0.3, -0.25) is 0 Å². The Bertz CT molecular complexity index is 596. The van der Waals surface area contributed by atoms with E-state index in [-0.39, 0.29) is 17.6 Å². The van der Waals surface area contributed by atoms with Gasteiger partial charge in [0.2, 0.25) is 0 Å². The molecule has 1 atom stereocenters. The molecule has 2 aliphatic rings. The lowest BCUT2D eigenvalue weighted by atomic mass is 10.0. The molecule has 2 heterocycles.